The summed E-state index contributed by atoms with van der Waals surface area (Å²) >= 11 is 1.96. The Kier molecular flexibility index (Phi) is 4.78. The normalized spacial score (nSPS) is 25.4. The van der Waals surface area contributed by atoms with E-state index in [0.29, 0.717) is 5.41 Å². The summed E-state index contributed by atoms with van der Waals surface area (Å²) in [5.74, 6) is 2.04. The number of rotatable bonds is 3. The summed E-state index contributed by atoms with van der Waals surface area (Å²) < 4.78 is 0. The summed E-state index contributed by atoms with van der Waals surface area (Å²) in [7, 11) is 0. The third-order valence-electron chi connectivity index (χ3n) is 4.29. The lowest BCUT2D eigenvalue weighted by Crippen LogP contribution is -2.37. The molecule has 1 aliphatic carbocycles. The van der Waals surface area contributed by atoms with Crippen molar-refractivity contribution in [2.75, 3.05) is 18.8 Å². The third-order valence-corrected chi connectivity index (χ3v) is 5.59. The highest BCUT2D eigenvalue weighted by molar-refractivity contribution is 8.13. The molecule has 0 aromatic carbocycles. The van der Waals surface area contributed by atoms with Crippen molar-refractivity contribution >= 4 is 16.9 Å². The van der Waals surface area contributed by atoms with Gasteiger partial charge in [0, 0.05) is 18.8 Å². The zero-order valence-electron chi connectivity index (χ0n) is 11.3. The Morgan fingerprint density at radius 3 is 2.71 bits per heavy atom. The van der Waals surface area contributed by atoms with Gasteiger partial charge >= 0.3 is 0 Å². The van der Waals surface area contributed by atoms with Crippen LogP contribution in [-0.4, -0.2) is 24.0 Å². The standard InChI is InChI=1S/C14H26N2S/c1-3-12(2)9-15-13-16-10-14(11-17-13)7-5-4-6-8-14/h12H,3-11H2,1-2H3,(H,15,16). The summed E-state index contributed by atoms with van der Waals surface area (Å²) in [6.07, 6.45) is 8.34. The van der Waals surface area contributed by atoms with Gasteiger partial charge < -0.3 is 5.32 Å². The monoisotopic (exact) mass is 254 g/mol. The SMILES string of the molecule is CCC(C)CNC1=NCC2(CCCCC2)CS1. The number of aliphatic imine (C=N–C) groups is 1. The number of nitrogens with zero attached hydrogens (tertiary/aromatic N) is 1. The third kappa shape index (κ3) is 3.64. The van der Waals surface area contributed by atoms with Gasteiger partial charge in [0.2, 0.25) is 0 Å². The number of thioether (sulfide) groups is 1. The Labute approximate surface area is 110 Å². The summed E-state index contributed by atoms with van der Waals surface area (Å²) in [5.41, 5.74) is 0.560. The lowest BCUT2D eigenvalue weighted by molar-refractivity contribution is 0.232. The molecular weight excluding hydrogens is 228 g/mol. The molecule has 98 valence electrons. The predicted octanol–water partition coefficient (Wildman–Crippen LogP) is 3.68. The molecule has 0 aromatic rings. The van der Waals surface area contributed by atoms with Crippen LogP contribution in [0.5, 0.6) is 0 Å². The van der Waals surface area contributed by atoms with E-state index in [9.17, 15) is 0 Å². The molecule has 0 amide bonds. The second kappa shape index (κ2) is 6.12. The summed E-state index contributed by atoms with van der Waals surface area (Å²) in [6.45, 7) is 6.70. The number of hydrogen-bond donors (Lipinski definition) is 1. The van der Waals surface area contributed by atoms with Crippen LogP contribution in [0.3, 0.4) is 0 Å². The fourth-order valence-electron chi connectivity index (χ4n) is 2.67. The van der Waals surface area contributed by atoms with Crippen molar-refractivity contribution < 1.29 is 0 Å². The fourth-order valence-corrected chi connectivity index (χ4v) is 3.83. The van der Waals surface area contributed by atoms with Gasteiger partial charge in [0.05, 0.1) is 0 Å². The molecule has 1 fully saturated rings. The van der Waals surface area contributed by atoms with Crippen molar-refractivity contribution in [3.63, 3.8) is 0 Å². The van der Waals surface area contributed by atoms with Gasteiger partial charge in [-0.05, 0) is 24.2 Å². The molecule has 1 aliphatic heterocycles. The van der Waals surface area contributed by atoms with Crippen LogP contribution >= 0.6 is 11.8 Å². The van der Waals surface area contributed by atoms with E-state index in [0.717, 1.165) is 19.0 Å². The van der Waals surface area contributed by atoms with E-state index in [1.165, 1.54) is 49.4 Å². The lowest BCUT2D eigenvalue weighted by Gasteiger charge is -2.38. The Bertz CT molecular complexity index is 269. The molecule has 0 aromatic heterocycles. The van der Waals surface area contributed by atoms with E-state index in [1.807, 2.05) is 11.8 Å². The second-order valence-corrected chi connectivity index (χ2v) is 6.83. The molecule has 0 bridgehead atoms. The van der Waals surface area contributed by atoms with Crippen LogP contribution in [-0.2, 0) is 0 Å². The summed E-state index contributed by atoms with van der Waals surface area (Å²) in [4.78, 5) is 4.78. The Morgan fingerprint density at radius 2 is 2.12 bits per heavy atom. The summed E-state index contributed by atoms with van der Waals surface area (Å²) in [6, 6.07) is 0. The zero-order valence-corrected chi connectivity index (χ0v) is 12.1. The topological polar surface area (TPSA) is 24.4 Å². The maximum atomic E-state index is 4.78. The van der Waals surface area contributed by atoms with E-state index in [1.54, 1.807) is 0 Å². The minimum absolute atomic E-state index is 0.560. The van der Waals surface area contributed by atoms with E-state index in [4.69, 9.17) is 4.99 Å². The molecular formula is C14H26N2S. The van der Waals surface area contributed by atoms with Crippen LogP contribution in [0.1, 0.15) is 52.4 Å². The van der Waals surface area contributed by atoms with Gasteiger partial charge in [-0.25, -0.2) is 0 Å². The van der Waals surface area contributed by atoms with Crippen molar-refractivity contribution in [3.8, 4) is 0 Å². The first-order valence-corrected chi connectivity index (χ1v) is 8.14. The molecule has 1 N–H and O–H groups in total. The van der Waals surface area contributed by atoms with Crippen LogP contribution in [0, 0.1) is 11.3 Å². The maximum Gasteiger partial charge on any atom is 0.156 e. The molecule has 2 rings (SSSR count). The molecule has 0 saturated heterocycles. The number of nitrogens with one attached hydrogen (secondary N) is 1. The average Bonchev–Trinajstić information content (AvgIpc) is 2.39. The van der Waals surface area contributed by atoms with Crippen LogP contribution in [0.25, 0.3) is 0 Å². The molecule has 1 heterocycles. The molecule has 3 heteroatoms. The second-order valence-electron chi connectivity index (χ2n) is 5.87. The van der Waals surface area contributed by atoms with E-state index >= 15 is 0 Å². The smallest absolute Gasteiger partial charge is 0.156 e. The predicted molar refractivity (Wildman–Crippen MR) is 77.7 cm³/mol. The van der Waals surface area contributed by atoms with Crippen molar-refractivity contribution in [1.82, 2.24) is 5.32 Å². The minimum atomic E-state index is 0.560. The molecule has 1 spiro atoms. The highest BCUT2D eigenvalue weighted by atomic mass is 32.2. The van der Waals surface area contributed by atoms with Gasteiger partial charge in [0.25, 0.3) is 0 Å². The van der Waals surface area contributed by atoms with Gasteiger partial charge in [-0.1, -0.05) is 51.3 Å². The Hall–Kier alpha value is -0.180. The van der Waals surface area contributed by atoms with Gasteiger partial charge in [-0.15, -0.1) is 0 Å². The molecule has 2 aliphatic rings. The van der Waals surface area contributed by atoms with Crippen LogP contribution < -0.4 is 5.32 Å². The van der Waals surface area contributed by atoms with E-state index in [-0.39, 0.29) is 0 Å². The van der Waals surface area contributed by atoms with E-state index < -0.39 is 0 Å². The summed E-state index contributed by atoms with van der Waals surface area (Å²) in [5, 5.41) is 4.70. The minimum Gasteiger partial charge on any atom is -0.365 e. The highest BCUT2D eigenvalue weighted by Gasteiger charge is 2.34. The van der Waals surface area contributed by atoms with Crippen molar-refractivity contribution in [2.45, 2.75) is 52.4 Å². The quantitative estimate of drug-likeness (QED) is 0.831. The van der Waals surface area contributed by atoms with Gasteiger partial charge in [-0.2, -0.15) is 0 Å². The molecule has 0 radical (unpaired) electrons. The van der Waals surface area contributed by atoms with Crippen LogP contribution in [0.15, 0.2) is 4.99 Å². The van der Waals surface area contributed by atoms with Gasteiger partial charge in [-0.3, -0.25) is 4.99 Å². The van der Waals surface area contributed by atoms with Crippen molar-refractivity contribution in [1.29, 1.82) is 0 Å². The first kappa shape index (κ1) is 13.3. The Morgan fingerprint density at radius 1 is 1.35 bits per heavy atom. The lowest BCUT2D eigenvalue weighted by atomic mass is 9.75. The van der Waals surface area contributed by atoms with Gasteiger partial charge in [0.15, 0.2) is 5.17 Å². The molecule has 2 nitrogen and oxygen atoms in total. The first-order valence-electron chi connectivity index (χ1n) is 7.15. The van der Waals surface area contributed by atoms with Crippen LogP contribution in [0.2, 0.25) is 0 Å². The van der Waals surface area contributed by atoms with Crippen molar-refractivity contribution in [3.05, 3.63) is 0 Å². The molecule has 1 unspecified atom stereocenters. The zero-order chi connectivity index (χ0) is 12.1. The number of amidine groups is 1. The molecule has 17 heavy (non-hydrogen) atoms. The Balaban J connectivity index is 1.80. The van der Waals surface area contributed by atoms with E-state index in [2.05, 4.69) is 19.2 Å². The first-order chi connectivity index (χ1) is 8.24. The van der Waals surface area contributed by atoms with Gasteiger partial charge in [0.1, 0.15) is 0 Å². The van der Waals surface area contributed by atoms with Crippen LogP contribution in [0.4, 0.5) is 0 Å². The largest absolute Gasteiger partial charge is 0.365 e. The highest BCUT2D eigenvalue weighted by Crippen LogP contribution is 2.41. The number of hydrogen-bond acceptors (Lipinski definition) is 3. The average molecular weight is 254 g/mol. The molecule has 1 atom stereocenters. The molecule has 1 saturated carbocycles. The fraction of sp³-hybridized carbons (Fsp3) is 0.929. The maximum absolute atomic E-state index is 4.78. The van der Waals surface area contributed by atoms with Crippen molar-refractivity contribution in [2.24, 2.45) is 16.3 Å².